The Bertz CT molecular complexity index is 8.00. The van der Waals surface area contributed by atoms with Gasteiger partial charge in [0.1, 0.15) is 0 Å². The van der Waals surface area contributed by atoms with Gasteiger partial charge < -0.3 is 0 Å². The zero-order valence-corrected chi connectivity index (χ0v) is 10.1. The van der Waals surface area contributed by atoms with E-state index in [0.717, 1.165) is 0 Å². The van der Waals surface area contributed by atoms with Crippen molar-refractivity contribution in [2.45, 2.75) is 0 Å². The fraction of sp³-hybridized carbons (Fsp3) is 0. The van der Waals surface area contributed by atoms with Crippen molar-refractivity contribution >= 4 is 0 Å². The van der Waals surface area contributed by atoms with Crippen molar-refractivity contribution in [2.24, 2.45) is 0 Å². The minimum atomic E-state index is -0.1000. The standard InChI is InChI=1S/Cd.Ni.O.Zn. The quantitative estimate of drug-likeness (QED) is 0.549. The second-order valence-corrected chi connectivity index (χ2v) is 0. The number of rotatable bonds is 0. The van der Waals surface area contributed by atoms with Crippen molar-refractivity contribution in [3.63, 3.8) is 0 Å². The van der Waals surface area contributed by atoms with Crippen LogP contribution < -0.4 is 0 Å². The third kappa shape index (κ3) is 9.15. The minimum absolute atomic E-state index is 0. The van der Waals surface area contributed by atoms with Crippen LogP contribution in [0.3, 0.4) is 0 Å². The molecule has 4 heavy (non-hydrogen) atoms. The summed E-state index contributed by atoms with van der Waals surface area (Å²) >= 11 is -0.1000. The topological polar surface area (TPSA) is 17.1 Å². The Kier molecular flexibility index (Phi) is 89.4. The third-order valence-electron chi connectivity index (χ3n) is 0. The Morgan fingerprint density at radius 2 is 1.25 bits per heavy atom. The van der Waals surface area contributed by atoms with Crippen LogP contribution in [0.1, 0.15) is 0 Å². The molecule has 0 spiro atoms. The SMILES string of the molecule is [Ni].[O]=[Cd].[Zn]. The van der Waals surface area contributed by atoms with Gasteiger partial charge in [0.2, 0.25) is 0 Å². The molecule has 0 rings (SSSR count). The molecule has 0 heterocycles. The normalized spacial score (nSPS) is 1.50. The first-order valence-corrected chi connectivity index (χ1v) is 1.94. The van der Waals surface area contributed by atoms with Gasteiger partial charge in [0.25, 0.3) is 0 Å². The van der Waals surface area contributed by atoms with Crippen LogP contribution in [0.5, 0.6) is 0 Å². The molecule has 0 unspecified atom stereocenters. The van der Waals surface area contributed by atoms with Crippen LogP contribution in [-0.2, 0) is 64.4 Å². The van der Waals surface area contributed by atoms with Crippen LogP contribution in [0.2, 0.25) is 0 Å². The van der Waals surface area contributed by atoms with E-state index in [2.05, 4.69) is 0 Å². The van der Waals surface area contributed by atoms with E-state index in [1.165, 1.54) is 0 Å². The van der Waals surface area contributed by atoms with E-state index in [9.17, 15) is 0 Å². The molecule has 0 amide bonds. The average Bonchev–Trinajstić information content (AvgIpc) is 1.00. The summed E-state index contributed by atoms with van der Waals surface area (Å²) in [5, 5.41) is 0. The molecule has 0 saturated heterocycles. The summed E-state index contributed by atoms with van der Waals surface area (Å²) in [6.07, 6.45) is 0. The molecule has 0 aliphatic rings. The molecule has 1 nitrogen and oxygen atoms in total. The van der Waals surface area contributed by atoms with Crippen molar-refractivity contribution in [3.05, 3.63) is 0 Å². The van der Waals surface area contributed by atoms with Crippen molar-refractivity contribution < 1.29 is 64.4 Å². The predicted octanol–water partition coefficient (Wildman–Crippen LogP) is -0.126. The van der Waals surface area contributed by atoms with Crippen molar-refractivity contribution in [1.29, 1.82) is 0 Å². The second kappa shape index (κ2) is 21.1. The summed E-state index contributed by atoms with van der Waals surface area (Å²) in [7, 11) is 0. The summed E-state index contributed by atoms with van der Waals surface area (Å²) < 4.78 is 8.42. The summed E-state index contributed by atoms with van der Waals surface area (Å²) in [4.78, 5) is 0. The van der Waals surface area contributed by atoms with Crippen LogP contribution in [0.4, 0.5) is 0 Å². The number of hydrogen-bond donors (Lipinski definition) is 0. The molecule has 0 radical (unpaired) electrons. The predicted molar refractivity (Wildman–Crippen MR) is 0.686 cm³/mol. The molecular formula is CdNiOZn. The van der Waals surface area contributed by atoms with E-state index in [0.29, 0.717) is 0 Å². The van der Waals surface area contributed by atoms with Gasteiger partial charge in [0.15, 0.2) is 0 Å². The summed E-state index contributed by atoms with van der Waals surface area (Å²) in [6.45, 7) is 0. The maximum atomic E-state index is 8.42. The third-order valence-corrected chi connectivity index (χ3v) is 0. The molecule has 0 aliphatic heterocycles. The Labute approximate surface area is 63.8 Å². The Morgan fingerprint density at radius 1 is 1.25 bits per heavy atom. The Balaban J connectivity index is -0.00000000500. The first-order valence-electron chi connectivity index (χ1n) is 0.289. The molecule has 4 heteroatoms. The van der Waals surface area contributed by atoms with Crippen molar-refractivity contribution in [2.75, 3.05) is 0 Å². The van der Waals surface area contributed by atoms with Gasteiger partial charge in [-0.05, 0) is 0 Å². The van der Waals surface area contributed by atoms with Gasteiger partial charge in [-0.3, -0.25) is 0 Å². The molecule has 0 aliphatic carbocycles. The monoisotopic (exact) mass is 252 g/mol. The van der Waals surface area contributed by atoms with E-state index in [1.54, 1.807) is 0 Å². The van der Waals surface area contributed by atoms with E-state index < -0.39 is 0 Å². The van der Waals surface area contributed by atoms with Gasteiger partial charge in [-0.15, -0.1) is 0 Å². The van der Waals surface area contributed by atoms with E-state index in [1.807, 2.05) is 0 Å². The maximum Gasteiger partial charge on any atom is 0 e. The largest absolute Gasteiger partial charge is 0 e. The van der Waals surface area contributed by atoms with Crippen molar-refractivity contribution in [1.82, 2.24) is 0 Å². The molecule has 0 aromatic rings. The Hall–Kier alpha value is 1.84. The molecule has 0 N–H and O–H groups in total. The van der Waals surface area contributed by atoms with Crippen LogP contribution in [0.15, 0.2) is 0 Å². The van der Waals surface area contributed by atoms with Crippen LogP contribution in [-0.4, -0.2) is 0 Å². The summed E-state index contributed by atoms with van der Waals surface area (Å²) in [6, 6.07) is 0. The minimum Gasteiger partial charge on any atom is 0 e. The summed E-state index contributed by atoms with van der Waals surface area (Å²) in [5.41, 5.74) is 0. The van der Waals surface area contributed by atoms with E-state index >= 15 is 0 Å². The average molecular weight is 252 g/mol. The van der Waals surface area contributed by atoms with E-state index in [-0.39, 0.29) is 61.7 Å². The van der Waals surface area contributed by atoms with Crippen LogP contribution >= 0.6 is 0 Å². The zero-order valence-electron chi connectivity index (χ0n) is 2.14. The summed E-state index contributed by atoms with van der Waals surface area (Å²) in [5.74, 6) is 0. The molecule has 0 bridgehead atoms. The molecule has 20 valence electrons. The van der Waals surface area contributed by atoms with Crippen molar-refractivity contribution in [3.8, 4) is 0 Å². The van der Waals surface area contributed by atoms with Crippen LogP contribution in [0, 0.1) is 0 Å². The first-order chi connectivity index (χ1) is 1.00. The zero-order chi connectivity index (χ0) is 2.00. The maximum absolute atomic E-state index is 8.42. The van der Waals surface area contributed by atoms with Gasteiger partial charge in [0.05, 0.1) is 0 Å². The molecule has 0 aromatic heterocycles. The molecule has 0 saturated carbocycles. The van der Waals surface area contributed by atoms with E-state index in [4.69, 9.17) is 2.69 Å². The van der Waals surface area contributed by atoms with Gasteiger partial charge in [-0.1, -0.05) is 0 Å². The fourth-order valence-electron chi connectivity index (χ4n) is 0. The van der Waals surface area contributed by atoms with Gasteiger partial charge in [-0.2, -0.15) is 0 Å². The number of hydrogen-bond acceptors (Lipinski definition) is 1. The smallest absolute Gasteiger partial charge is 0 e. The van der Waals surface area contributed by atoms with Gasteiger partial charge in [0, 0.05) is 36.0 Å². The second-order valence-electron chi connectivity index (χ2n) is 0. The molecular weight excluding hydrogens is 252 g/mol. The van der Waals surface area contributed by atoms with Gasteiger partial charge >= 0.3 is 28.5 Å². The fourth-order valence-corrected chi connectivity index (χ4v) is 0. The molecule has 0 aromatic carbocycles. The van der Waals surface area contributed by atoms with Crippen LogP contribution in [0.25, 0.3) is 0 Å². The molecule has 0 atom stereocenters. The first kappa shape index (κ1) is 17.0. The van der Waals surface area contributed by atoms with Gasteiger partial charge in [-0.25, -0.2) is 0 Å². The Morgan fingerprint density at radius 3 is 1.25 bits per heavy atom. The molecule has 0 fully saturated rings.